The molecule has 2 unspecified atom stereocenters. The van der Waals surface area contributed by atoms with E-state index in [0.29, 0.717) is 32.1 Å². The van der Waals surface area contributed by atoms with Gasteiger partial charge in [0.1, 0.15) is 19.1 Å². The number of nitrogens with one attached hydrogen (secondary N) is 1. The Bertz CT molecular complexity index is 1030. The fourth-order valence-corrected chi connectivity index (χ4v) is 4.48. The van der Waals surface area contributed by atoms with E-state index < -0.39 is 5.92 Å². The summed E-state index contributed by atoms with van der Waals surface area (Å²) in [5.41, 5.74) is 4.22. The maximum absolute atomic E-state index is 13.1. The number of benzene rings is 2. The molecule has 162 valence electrons. The summed E-state index contributed by atoms with van der Waals surface area (Å²) in [4.78, 5) is 28.0. The normalized spacial score (nSPS) is 21.2. The van der Waals surface area contributed by atoms with E-state index in [2.05, 4.69) is 12.2 Å². The van der Waals surface area contributed by atoms with Crippen LogP contribution in [0, 0.1) is 25.7 Å². The standard InChI is InChI=1S/C25H28N2O4/c1-15-3-7-19(13-16(15)2)27-10-9-20(25(27)29)24(28)26-23(17-4-5-17)18-6-8-21-22(14-18)31-12-11-30-21/h3,6-8,13-14,17,20,23H,4-5,9-12H2,1-2H3,(H,26,28). The van der Waals surface area contributed by atoms with Crippen molar-refractivity contribution in [2.75, 3.05) is 24.7 Å². The first-order chi connectivity index (χ1) is 15.0. The number of fused-ring (bicyclic) bond motifs is 1. The summed E-state index contributed by atoms with van der Waals surface area (Å²) in [6.45, 7) is 5.74. The van der Waals surface area contributed by atoms with Gasteiger partial charge in [-0.25, -0.2) is 0 Å². The Morgan fingerprint density at radius 2 is 1.77 bits per heavy atom. The molecule has 2 aliphatic heterocycles. The molecule has 0 aromatic heterocycles. The van der Waals surface area contributed by atoms with Gasteiger partial charge in [0.2, 0.25) is 11.8 Å². The molecule has 0 radical (unpaired) electrons. The molecule has 1 N–H and O–H groups in total. The minimum atomic E-state index is -0.639. The van der Waals surface area contributed by atoms with E-state index >= 15 is 0 Å². The number of hydrogen-bond donors (Lipinski definition) is 1. The van der Waals surface area contributed by atoms with Gasteiger partial charge in [-0.15, -0.1) is 0 Å². The summed E-state index contributed by atoms with van der Waals surface area (Å²) in [7, 11) is 0. The first-order valence-electron chi connectivity index (χ1n) is 11.1. The average molecular weight is 421 g/mol. The minimum Gasteiger partial charge on any atom is -0.486 e. The first-order valence-corrected chi connectivity index (χ1v) is 11.1. The first kappa shape index (κ1) is 19.9. The highest BCUT2D eigenvalue weighted by Crippen LogP contribution is 2.43. The van der Waals surface area contributed by atoms with Gasteiger partial charge in [-0.3, -0.25) is 9.59 Å². The molecule has 1 saturated carbocycles. The van der Waals surface area contributed by atoms with Crippen LogP contribution in [0.1, 0.15) is 42.0 Å². The molecule has 2 fully saturated rings. The third-order valence-electron chi connectivity index (χ3n) is 6.64. The molecule has 3 aliphatic rings. The van der Waals surface area contributed by atoms with Crippen molar-refractivity contribution in [3.8, 4) is 11.5 Å². The zero-order chi connectivity index (χ0) is 21.5. The predicted molar refractivity (Wildman–Crippen MR) is 117 cm³/mol. The van der Waals surface area contributed by atoms with E-state index in [4.69, 9.17) is 9.47 Å². The number of rotatable bonds is 5. The Morgan fingerprint density at radius 3 is 2.52 bits per heavy atom. The fourth-order valence-electron chi connectivity index (χ4n) is 4.48. The van der Waals surface area contributed by atoms with Crippen molar-refractivity contribution in [3.05, 3.63) is 53.1 Å². The lowest BCUT2D eigenvalue weighted by molar-refractivity contribution is -0.132. The van der Waals surface area contributed by atoms with E-state index in [0.717, 1.165) is 41.2 Å². The monoisotopic (exact) mass is 420 g/mol. The lowest BCUT2D eigenvalue weighted by Crippen LogP contribution is -2.39. The van der Waals surface area contributed by atoms with E-state index in [-0.39, 0.29) is 17.9 Å². The summed E-state index contributed by atoms with van der Waals surface area (Å²) in [6.07, 6.45) is 2.69. The second-order valence-electron chi connectivity index (χ2n) is 8.83. The van der Waals surface area contributed by atoms with Crippen LogP contribution >= 0.6 is 0 Å². The van der Waals surface area contributed by atoms with Crippen LogP contribution in [0.2, 0.25) is 0 Å². The second-order valence-corrected chi connectivity index (χ2v) is 8.83. The van der Waals surface area contributed by atoms with Crippen LogP contribution in [0.25, 0.3) is 0 Å². The quantitative estimate of drug-likeness (QED) is 0.749. The molecule has 6 heteroatoms. The van der Waals surface area contributed by atoms with Crippen LogP contribution < -0.4 is 19.7 Å². The molecular weight excluding hydrogens is 392 g/mol. The van der Waals surface area contributed by atoms with Gasteiger partial charge in [0.05, 0.1) is 6.04 Å². The van der Waals surface area contributed by atoms with E-state index in [9.17, 15) is 9.59 Å². The number of carbonyl (C=O) groups excluding carboxylic acids is 2. The molecule has 1 saturated heterocycles. The van der Waals surface area contributed by atoms with Crippen LogP contribution in [0.15, 0.2) is 36.4 Å². The van der Waals surface area contributed by atoms with Crippen LogP contribution in [0.4, 0.5) is 5.69 Å². The van der Waals surface area contributed by atoms with Crippen molar-refractivity contribution < 1.29 is 19.1 Å². The molecule has 2 aromatic carbocycles. The molecule has 2 amide bonds. The molecule has 2 aromatic rings. The summed E-state index contributed by atoms with van der Waals surface area (Å²) in [6, 6.07) is 11.8. The Hall–Kier alpha value is -3.02. The van der Waals surface area contributed by atoms with Crippen LogP contribution in [-0.4, -0.2) is 31.6 Å². The smallest absolute Gasteiger partial charge is 0.239 e. The highest BCUT2D eigenvalue weighted by Gasteiger charge is 2.41. The topological polar surface area (TPSA) is 67.9 Å². The van der Waals surface area contributed by atoms with E-state index in [1.54, 1.807) is 4.90 Å². The summed E-state index contributed by atoms with van der Waals surface area (Å²) >= 11 is 0. The van der Waals surface area contributed by atoms with Gasteiger partial charge in [-0.2, -0.15) is 0 Å². The minimum absolute atomic E-state index is 0.105. The highest BCUT2D eigenvalue weighted by molar-refractivity contribution is 6.09. The molecule has 2 heterocycles. The molecule has 6 nitrogen and oxygen atoms in total. The molecular formula is C25H28N2O4. The molecule has 2 atom stereocenters. The van der Waals surface area contributed by atoms with Crippen LogP contribution in [0.5, 0.6) is 11.5 Å². The van der Waals surface area contributed by atoms with Crippen molar-refractivity contribution in [3.63, 3.8) is 0 Å². The number of ether oxygens (including phenoxy) is 2. The number of carbonyl (C=O) groups is 2. The largest absolute Gasteiger partial charge is 0.486 e. The predicted octanol–water partition coefficient (Wildman–Crippen LogP) is 3.70. The van der Waals surface area contributed by atoms with Gasteiger partial charge in [0, 0.05) is 12.2 Å². The number of anilines is 1. The number of aryl methyl sites for hydroxylation is 2. The lowest BCUT2D eigenvalue weighted by Gasteiger charge is -2.24. The summed E-state index contributed by atoms with van der Waals surface area (Å²) in [5, 5.41) is 3.18. The van der Waals surface area contributed by atoms with Gasteiger partial charge in [-0.05, 0) is 80.0 Å². The van der Waals surface area contributed by atoms with Gasteiger partial charge >= 0.3 is 0 Å². The summed E-state index contributed by atoms with van der Waals surface area (Å²) in [5.74, 6) is 0.937. The van der Waals surface area contributed by atoms with Gasteiger partial charge < -0.3 is 19.7 Å². The number of nitrogens with zero attached hydrogens (tertiary/aromatic N) is 1. The van der Waals surface area contributed by atoms with Crippen LogP contribution in [0.3, 0.4) is 0 Å². The maximum Gasteiger partial charge on any atom is 0.239 e. The maximum atomic E-state index is 13.1. The van der Waals surface area contributed by atoms with Crippen molar-refractivity contribution in [2.24, 2.45) is 11.8 Å². The fraction of sp³-hybridized carbons (Fsp3) is 0.440. The third kappa shape index (κ3) is 3.87. The Morgan fingerprint density at radius 1 is 1.00 bits per heavy atom. The molecule has 0 spiro atoms. The SMILES string of the molecule is Cc1ccc(N2CCC(C(=O)NC(c3ccc4c(c3)OCCO4)C3CC3)C2=O)cc1C. The van der Waals surface area contributed by atoms with E-state index in [1.165, 1.54) is 5.56 Å². The molecule has 0 bridgehead atoms. The third-order valence-corrected chi connectivity index (χ3v) is 6.64. The lowest BCUT2D eigenvalue weighted by atomic mass is 9.99. The zero-order valence-electron chi connectivity index (χ0n) is 18.0. The van der Waals surface area contributed by atoms with Crippen molar-refractivity contribution in [2.45, 2.75) is 39.2 Å². The summed E-state index contributed by atoms with van der Waals surface area (Å²) < 4.78 is 11.3. The van der Waals surface area contributed by atoms with Crippen molar-refractivity contribution in [1.82, 2.24) is 5.32 Å². The van der Waals surface area contributed by atoms with Gasteiger partial charge in [0.15, 0.2) is 11.5 Å². The van der Waals surface area contributed by atoms with E-state index in [1.807, 2.05) is 43.3 Å². The molecule has 5 rings (SSSR count). The van der Waals surface area contributed by atoms with Gasteiger partial charge in [0.25, 0.3) is 0 Å². The highest BCUT2D eigenvalue weighted by atomic mass is 16.6. The van der Waals surface area contributed by atoms with Crippen molar-refractivity contribution >= 4 is 17.5 Å². The number of hydrogen-bond acceptors (Lipinski definition) is 4. The Kier molecular flexibility index (Phi) is 5.08. The zero-order valence-corrected chi connectivity index (χ0v) is 18.0. The average Bonchev–Trinajstić information content (AvgIpc) is 3.55. The Labute approximate surface area is 182 Å². The molecule has 1 aliphatic carbocycles. The Balaban J connectivity index is 1.31. The van der Waals surface area contributed by atoms with Crippen LogP contribution in [-0.2, 0) is 9.59 Å². The molecule has 31 heavy (non-hydrogen) atoms. The van der Waals surface area contributed by atoms with Crippen molar-refractivity contribution in [1.29, 1.82) is 0 Å². The number of amides is 2. The van der Waals surface area contributed by atoms with Gasteiger partial charge in [-0.1, -0.05) is 12.1 Å². The second kappa shape index (κ2) is 7.91.